The Morgan fingerprint density at radius 2 is 1.67 bits per heavy atom. The maximum atomic E-state index is 14.1. The highest BCUT2D eigenvalue weighted by Crippen LogP contribution is 2.25. The number of imidazole rings is 1. The van der Waals surface area contributed by atoms with Gasteiger partial charge in [-0.25, -0.2) is 9.37 Å². The second-order valence-electron chi connectivity index (χ2n) is 9.08. The number of para-hydroxylation sites is 3. The molecular weight excluding hydrogens is 417 g/mol. The minimum atomic E-state index is -0.193. The molecule has 2 fully saturated rings. The average molecular weight is 450 g/mol. The standard InChI is InChI=1S/C26H32FN5O/c1-2-32-24-10-6-4-8-22(24)28-25(32)19-29-13-11-20(12-14-29)26(33)31-17-15-30(16-18-31)23-9-5-3-7-21(23)27/h3-10,20H,2,11-19H2,1H3. The van der Waals surface area contributed by atoms with E-state index in [9.17, 15) is 9.18 Å². The van der Waals surface area contributed by atoms with Gasteiger partial charge in [0.2, 0.25) is 5.91 Å². The van der Waals surface area contributed by atoms with Crippen LogP contribution in [0.25, 0.3) is 11.0 Å². The first kappa shape index (κ1) is 21.9. The third-order valence-corrected chi connectivity index (χ3v) is 7.14. The zero-order valence-corrected chi connectivity index (χ0v) is 19.3. The second kappa shape index (κ2) is 9.51. The molecule has 174 valence electrons. The summed E-state index contributed by atoms with van der Waals surface area (Å²) in [5, 5.41) is 0. The summed E-state index contributed by atoms with van der Waals surface area (Å²) < 4.78 is 16.4. The molecule has 0 unspecified atom stereocenters. The van der Waals surface area contributed by atoms with Crippen LogP contribution in [0.5, 0.6) is 0 Å². The molecule has 0 aliphatic carbocycles. The fourth-order valence-electron chi connectivity index (χ4n) is 5.27. The molecule has 0 bridgehead atoms. The van der Waals surface area contributed by atoms with Crippen LogP contribution in [0.4, 0.5) is 10.1 Å². The number of aryl methyl sites for hydroxylation is 1. The first-order chi connectivity index (χ1) is 16.1. The van der Waals surface area contributed by atoms with Crippen molar-refractivity contribution >= 4 is 22.6 Å². The number of piperidine rings is 1. The number of hydrogen-bond acceptors (Lipinski definition) is 4. The fourth-order valence-corrected chi connectivity index (χ4v) is 5.27. The Morgan fingerprint density at radius 3 is 2.39 bits per heavy atom. The summed E-state index contributed by atoms with van der Waals surface area (Å²) in [6, 6.07) is 15.2. The number of halogens is 1. The van der Waals surface area contributed by atoms with Gasteiger partial charge >= 0.3 is 0 Å². The number of amides is 1. The van der Waals surface area contributed by atoms with Crippen molar-refractivity contribution in [3.63, 3.8) is 0 Å². The smallest absolute Gasteiger partial charge is 0.225 e. The third-order valence-electron chi connectivity index (χ3n) is 7.14. The van der Waals surface area contributed by atoms with Crippen molar-refractivity contribution in [2.75, 3.05) is 44.2 Å². The minimum Gasteiger partial charge on any atom is -0.366 e. The maximum absolute atomic E-state index is 14.1. The van der Waals surface area contributed by atoms with Crippen molar-refractivity contribution in [3.8, 4) is 0 Å². The number of carbonyl (C=O) groups excluding carboxylic acids is 1. The highest BCUT2D eigenvalue weighted by molar-refractivity contribution is 5.79. The molecule has 2 saturated heterocycles. The summed E-state index contributed by atoms with van der Waals surface area (Å²) in [6.07, 6.45) is 1.78. The molecule has 0 N–H and O–H groups in total. The summed E-state index contributed by atoms with van der Waals surface area (Å²) in [6.45, 7) is 8.40. The van der Waals surface area contributed by atoms with Crippen molar-refractivity contribution in [2.45, 2.75) is 32.9 Å². The first-order valence-corrected chi connectivity index (χ1v) is 12.1. The van der Waals surface area contributed by atoms with E-state index >= 15 is 0 Å². The summed E-state index contributed by atoms with van der Waals surface area (Å²) >= 11 is 0. The van der Waals surface area contributed by atoms with Crippen LogP contribution < -0.4 is 4.90 Å². The van der Waals surface area contributed by atoms with Crippen LogP contribution in [0.15, 0.2) is 48.5 Å². The van der Waals surface area contributed by atoms with Gasteiger partial charge in [-0.1, -0.05) is 24.3 Å². The number of likely N-dealkylation sites (tertiary alicyclic amines) is 1. The van der Waals surface area contributed by atoms with Crippen molar-refractivity contribution in [1.29, 1.82) is 0 Å². The van der Waals surface area contributed by atoms with Gasteiger partial charge in [-0.2, -0.15) is 0 Å². The van der Waals surface area contributed by atoms with Crippen molar-refractivity contribution in [1.82, 2.24) is 19.4 Å². The molecule has 6 nitrogen and oxygen atoms in total. The maximum Gasteiger partial charge on any atom is 0.225 e. The molecule has 0 atom stereocenters. The molecule has 0 spiro atoms. The topological polar surface area (TPSA) is 44.6 Å². The lowest BCUT2D eigenvalue weighted by Crippen LogP contribution is -2.51. The molecule has 33 heavy (non-hydrogen) atoms. The Hall–Kier alpha value is -2.93. The van der Waals surface area contributed by atoms with Gasteiger partial charge in [0.1, 0.15) is 11.6 Å². The predicted octanol–water partition coefficient (Wildman–Crippen LogP) is 3.76. The van der Waals surface area contributed by atoms with Crippen LogP contribution >= 0.6 is 0 Å². The lowest BCUT2D eigenvalue weighted by atomic mass is 9.95. The van der Waals surface area contributed by atoms with Crippen LogP contribution in [-0.2, 0) is 17.9 Å². The number of benzene rings is 2. The molecule has 2 aliphatic heterocycles. The van der Waals surface area contributed by atoms with Gasteiger partial charge < -0.3 is 14.4 Å². The lowest BCUT2D eigenvalue weighted by molar-refractivity contribution is -0.137. The third kappa shape index (κ3) is 4.47. The van der Waals surface area contributed by atoms with Crippen molar-refractivity contribution in [3.05, 3.63) is 60.2 Å². The molecule has 0 radical (unpaired) electrons. The van der Waals surface area contributed by atoms with Crippen LogP contribution in [0.1, 0.15) is 25.6 Å². The number of piperazine rings is 1. The number of nitrogens with zero attached hydrogens (tertiary/aromatic N) is 5. The monoisotopic (exact) mass is 449 g/mol. The van der Waals surface area contributed by atoms with E-state index in [1.807, 2.05) is 28.0 Å². The molecule has 1 aromatic heterocycles. The van der Waals surface area contributed by atoms with Gasteiger partial charge in [0.15, 0.2) is 0 Å². The van der Waals surface area contributed by atoms with Gasteiger partial charge in [0.25, 0.3) is 0 Å². The normalized spacial score (nSPS) is 18.2. The molecule has 2 aromatic carbocycles. The van der Waals surface area contributed by atoms with Gasteiger partial charge in [-0.3, -0.25) is 9.69 Å². The van der Waals surface area contributed by atoms with E-state index in [2.05, 4.69) is 34.6 Å². The van der Waals surface area contributed by atoms with Gasteiger partial charge in [0, 0.05) is 38.6 Å². The van der Waals surface area contributed by atoms with Gasteiger partial charge in [-0.05, 0) is 57.1 Å². The molecule has 5 rings (SSSR count). The summed E-state index contributed by atoms with van der Waals surface area (Å²) in [5.74, 6) is 1.27. The molecule has 3 heterocycles. The molecule has 1 amide bonds. The minimum absolute atomic E-state index is 0.0891. The average Bonchev–Trinajstić information content (AvgIpc) is 3.21. The Kier molecular flexibility index (Phi) is 6.31. The zero-order chi connectivity index (χ0) is 22.8. The van der Waals surface area contributed by atoms with E-state index in [1.54, 1.807) is 6.07 Å². The largest absolute Gasteiger partial charge is 0.366 e. The van der Waals surface area contributed by atoms with E-state index in [0.717, 1.165) is 50.4 Å². The fraction of sp³-hybridized carbons (Fsp3) is 0.462. The van der Waals surface area contributed by atoms with E-state index < -0.39 is 0 Å². The number of fused-ring (bicyclic) bond motifs is 1. The highest BCUT2D eigenvalue weighted by Gasteiger charge is 2.31. The molecule has 3 aromatic rings. The Bertz CT molecular complexity index is 1110. The zero-order valence-electron chi connectivity index (χ0n) is 19.3. The summed E-state index contributed by atoms with van der Waals surface area (Å²) in [4.78, 5) is 24.5. The quantitative estimate of drug-likeness (QED) is 0.595. The van der Waals surface area contributed by atoms with Crippen LogP contribution in [-0.4, -0.2) is 64.5 Å². The lowest BCUT2D eigenvalue weighted by Gasteiger charge is -2.39. The molecule has 2 aliphatic rings. The van der Waals surface area contributed by atoms with E-state index in [0.29, 0.717) is 31.9 Å². The van der Waals surface area contributed by atoms with Crippen LogP contribution in [0.3, 0.4) is 0 Å². The van der Waals surface area contributed by atoms with E-state index in [1.165, 1.54) is 11.6 Å². The van der Waals surface area contributed by atoms with Crippen LogP contribution in [0.2, 0.25) is 0 Å². The van der Waals surface area contributed by atoms with E-state index in [4.69, 9.17) is 4.98 Å². The Balaban J connectivity index is 1.14. The number of rotatable bonds is 5. The summed E-state index contributed by atoms with van der Waals surface area (Å²) in [5.41, 5.74) is 2.87. The summed E-state index contributed by atoms with van der Waals surface area (Å²) in [7, 11) is 0. The molecular formula is C26H32FN5O. The number of hydrogen-bond donors (Lipinski definition) is 0. The van der Waals surface area contributed by atoms with Crippen molar-refractivity contribution < 1.29 is 9.18 Å². The molecule has 0 saturated carbocycles. The van der Waals surface area contributed by atoms with Gasteiger partial charge in [-0.15, -0.1) is 0 Å². The van der Waals surface area contributed by atoms with E-state index in [-0.39, 0.29) is 17.6 Å². The Labute approximate surface area is 194 Å². The number of aromatic nitrogens is 2. The Morgan fingerprint density at radius 1 is 0.970 bits per heavy atom. The number of carbonyl (C=O) groups is 1. The first-order valence-electron chi connectivity index (χ1n) is 12.1. The predicted molar refractivity (Wildman–Crippen MR) is 129 cm³/mol. The number of anilines is 1. The van der Waals surface area contributed by atoms with Gasteiger partial charge in [0.05, 0.1) is 23.3 Å². The molecule has 7 heteroatoms. The second-order valence-corrected chi connectivity index (χ2v) is 9.08. The highest BCUT2D eigenvalue weighted by atomic mass is 19.1. The van der Waals surface area contributed by atoms with Crippen molar-refractivity contribution in [2.24, 2.45) is 5.92 Å². The SMILES string of the molecule is CCn1c(CN2CCC(C(=O)N3CCN(c4ccccc4F)CC3)CC2)nc2ccccc21. The van der Waals surface area contributed by atoms with Crippen LogP contribution in [0, 0.1) is 11.7 Å².